The Bertz CT molecular complexity index is 1240. The second-order valence-corrected chi connectivity index (χ2v) is 17.0. The minimum atomic E-state index is -0.807. The number of rotatable bonds is 44. The summed E-state index contributed by atoms with van der Waals surface area (Å²) in [6.07, 6.45) is 64.6. The van der Waals surface area contributed by atoms with E-state index in [0.29, 0.717) is 19.3 Å². The van der Waals surface area contributed by atoms with E-state index in [0.717, 1.165) is 96.3 Å². The lowest BCUT2D eigenvalue weighted by Crippen LogP contribution is -2.46. The van der Waals surface area contributed by atoms with Gasteiger partial charge in [-0.3, -0.25) is 9.59 Å². The van der Waals surface area contributed by atoms with Crippen LogP contribution in [-0.2, 0) is 14.3 Å². The maximum atomic E-state index is 13.2. The van der Waals surface area contributed by atoms with Gasteiger partial charge in [0.1, 0.15) is 6.10 Å². The van der Waals surface area contributed by atoms with Crippen LogP contribution in [0.25, 0.3) is 0 Å². The van der Waals surface area contributed by atoms with Gasteiger partial charge in [0.25, 0.3) is 0 Å². The first-order valence-corrected chi connectivity index (χ1v) is 25.5. The normalized spacial score (nSPS) is 14.1. The van der Waals surface area contributed by atoms with Gasteiger partial charge in [0.15, 0.2) is 0 Å². The first-order chi connectivity index (χ1) is 30.5. The molecular weight excluding hydrogens is 767 g/mol. The lowest BCUT2D eigenvalue weighted by Gasteiger charge is -2.24. The van der Waals surface area contributed by atoms with Crippen LogP contribution in [0.2, 0.25) is 0 Å². The molecule has 3 atom stereocenters. The molecule has 0 aromatic heterocycles. The Labute approximate surface area is 382 Å². The summed E-state index contributed by atoms with van der Waals surface area (Å²) in [5.41, 5.74) is 0. The molecule has 0 aliphatic rings. The van der Waals surface area contributed by atoms with Crippen LogP contribution in [0.3, 0.4) is 0 Å². The summed E-state index contributed by atoms with van der Waals surface area (Å²) in [5, 5.41) is 23.7. The van der Waals surface area contributed by atoms with E-state index in [2.05, 4.69) is 80.8 Å². The quantitative estimate of drug-likeness (QED) is 0.0245. The van der Waals surface area contributed by atoms with E-state index in [9.17, 15) is 19.8 Å². The van der Waals surface area contributed by atoms with Crippen molar-refractivity contribution in [1.29, 1.82) is 0 Å². The molecule has 0 bridgehead atoms. The molecule has 0 heterocycles. The van der Waals surface area contributed by atoms with E-state index in [1.807, 2.05) is 42.5 Å². The van der Waals surface area contributed by atoms with Gasteiger partial charge in [-0.1, -0.05) is 221 Å². The van der Waals surface area contributed by atoms with E-state index in [-0.39, 0.29) is 24.9 Å². The van der Waals surface area contributed by atoms with E-state index in [1.54, 1.807) is 0 Å². The van der Waals surface area contributed by atoms with Gasteiger partial charge in [-0.05, 0) is 83.5 Å². The number of aliphatic hydroxyl groups excluding tert-OH is 2. The molecule has 0 aromatic rings. The highest BCUT2D eigenvalue weighted by Crippen LogP contribution is 2.17. The van der Waals surface area contributed by atoms with E-state index >= 15 is 0 Å². The number of nitrogens with one attached hydrogen (secondary N) is 1. The topological polar surface area (TPSA) is 95.9 Å². The first kappa shape index (κ1) is 58.8. The number of carbonyl (C=O) groups excluding carboxylic acids is 2. The van der Waals surface area contributed by atoms with Gasteiger partial charge in [-0.2, -0.15) is 0 Å². The van der Waals surface area contributed by atoms with Gasteiger partial charge < -0.3 is 20.3 Å². The molecule has 3 N–H and O–H groups in total. The number of hydrogen-bond acceptors (Lipinski definition) is 5. The summed E-state index contributed by atoms with van der Waals surface area (Å²) >= 11 is 0. The van der Waals surface area contributed by atoms with Crippen molar-refractivity contribution < 1.29 is 24.5 Å². The Hall–Kier alpha value is -3.22. The largest absolute Gasteiger partial charge is 0.462 e. The molecule has 6 heteroatoms. The predicted molar refractivity (Wildman–Crippen MR) is 268 cm³/mol. The summed E-state index contributed by atoms with van der Waals surface area (Å²) in [6, 6.07) is -0.723. The highest BCUT2D eigenvalue weighted by atomic mass is 16.5. The lowest BCUT2D eigenvalue weighted by molar-refractivity contribution is -0.151. The molecule has 0 saturated heterocycles. The average molecular weight is 862 g/mol. The summed E-state index contributed by atoms with van der Waals surface area (Å²) in [4.78, 5) is 26.1. The number of ether oxygens (including phenoxy) is 1. The Morgan fingerprint density at radius 1 is 0.500 bits per heavy atom. The molecule has 0 rings (SSSR count). The number of esters is 1. The Morgan fingerprint density at radius 2 is 0.935 bits per heavy atom. The van der Waals surface area contributed by atoms with E-state index in [1.165, 1.54) is 77.0 Å². The zero-order valence-electron chi connectivity index (χ0n) is 40.2. The van der Waals surface area contributed by atoms with Crippen LogP contribution >= 0.6 is 0 Å². The molecule has 1 amide bonds. The van der Waals surface area contributed by atoms with Gasteiger partial charge >= 0.3 is 5.97 Å². The molecule has 354 valence electrons. The maximum Gasteiger partial charge on any atom is 0.306 e. The molecule has 0 fully saturated rings. The minimum absolute atomic E-state index is 0.0397. The van der Waals surface area contributed by atoms with Crippen molar-refractivity contribution in [1.82, 2.24) is 5.32 Å². The lowest BCUT2D eigenvalue weighted by atomic mass is 10.0. The zero-order valence-corrected chi connectivity index (χ0v) is 40.2. The van der Waals surface area contributed by atoms with Gasteiger partial charge in [0.05, 0.1) is 25.2 Å². The highest BCUT2D eigenvalue weighted by molar-refractivity contribution is 5.77. The van der Waals surface area contributed by atoms with Crippen LogP contribution in [0.4, 0.5) is 0 Å². The second-order valence-electron chi connectivity index (χ2n) is 17.0. The Balaban J connectivity index is 4.75. The van der Waals surface area contributed by atoms with Gasteiger partial charge in [0.2, 0.25) is 5.91 Å². The van der Waals surface area contributed by atoms with Crippen molar-refractivity contribution in [3.05, 3.63) is 97.2 Å². The van der Waals surface area contributed by atoms with Crippen LogP contribution in [-0.4, -0.2) is 46.9 Å². The number of amides is 1. The van der Waals surface area contributed by atoms with Crippen LogP contribution < -0.4 is 5.32 Å². The predicted octanol–water partition coefficient (Wildman–Crippen LogP) is 15.3. The summed E-state index contributed by atoms with van der Waals surface area (Å²) in [6.45, 7) is 6.28. The standard InChI is InChI=1S/C56H95NO5/c1-4-7-10-13-16-19-22-24-26-27-29-30-33-35-38-41-44-47-52(62-56(61)49-46-43-40-37-34-31-28-25-23-20-17-14-11-8-5-2)50-55(60)57-53(51-58)54(59)48-45-42-39-36-32-21-18-15-12-9-6-3/h8,11,14,16-17,19-20,23-26,28-31,34,52-54,58-59H,4-7,9-10,12-13,15,18,21-22,27,32-33,35-51H2,1-3H3,(H,57,60)/b11-8+,17-14+,19-16-,23-20-,26-24-,28-25-,30-29-,34-31+. The fourth-order valence-corrected chi connectivity index (χ4v) is 7.16. The van der Waals surface area contributed by atoms with Gasteiger partial charge in [-0.25, -0.2) is 0 Å². The van der Waals surface area contributed by atoms with Crippen molar-refractivity contribution in [3.63, 3.8) is 0 Å². The summed E-state index contributed by atoms with van der Waals surface area (Å²) in [5.74, 6) is -0.552. The smallest absolute Gasteiger partial charge is 0.306 e. The molecule has 0 aliphatic heterocycles. The van der Waals surface area contributed by atoms with Gasteiger partial charge in [0, 0.05) is 6.42 Å². The molecule has 0 aliphatic carbocycles. The van der Waals surface area contributed by atoms with Crippen molar-refractivity contribution in [2.24, 2.45) is 0 Å². The molecule has 0 aromatic carbocycles. The minimum Gasteiger partial charge on any atom is -0.462 e. The fourth-order valence-electron chi connectivity index (χ4n) is 7.16. The number of carbonyl (C=O) groups is 2. The van der Waals surface area contributed by atoms with Crippen LogP contribution in [0.5, 0.6) is 0 Å². The fraction of sp³-hybridized carbons (Fsp3) is 0.679. The summed E-state index contributed by atoms with van der Waals surface area (Å²) < 4.78 is 5.90. The van der Waals surface area contributed by atoms with E-state index < -0.39 is 18.2 Å². The monoisotopic (exact) mass is 862 g/mol. The molecule has 3 unspecified atom stereocenters. The molecule has 6 nitrogen and oxygen atoms in total. The third kappa shape index (κ3) is 43.4. The van der Waals surface area contributed by atoms with Crippen molar-refractivity contribution in [3.8, 4) is 0 Å². The van der Waals surface area contributed by atoms with Crippen molar-refractivity contribution in [2.75, 3.05) is 6.61 Å². The van der Waals surface area contributed by atoms with Crippen LogP contribution in [0.15, 0.2) is 97.2 Å². The zero-order chi connectivity index (χ0) is 45.2. The number of aliphatic hydroxyl groups is 2. The average Bonchev–Trinajstić information content (AvgIpc) is 3.26. The van der Waals surface area contributed by atoms with Gasteiger partial charge in [-0.15, -0.1) is 0 Å². The molecule has 0 radical (unpaired) electrons. The number of unbranched alkanes of at least 4 members (excludes halogenated alkanes) is 20. The van der Waals surface area contributed by atoms with Crippen LogP contribution in [0, 0.1) is 0 Å². The molecule has 62 heavy (non-hydrogen) atoms. The third-order valence-corrected chi connectivity index (χ3v) is 11.0. The summed E-state index contributed by atoms with van der Waals surface area (Å²) in [7, 11) is 0. The molecule has 0 saturated carbocycles. The maximum absolute atomic E-state index is 13.2. The second kappa shape index (κ2) is 48.8. The van der Waals surface area contributed by atoms with Crippen LogP contribution in [0.1, 0.15) is 220 Å². The number of hydrogen-bond donors (Lipinski definition) is 3. The van der Waals surface area contributed by atoms with Crippen molar-refractivity contribution in [2.45, 2.75) is 238 Å². The molecule has 0 spiro atoms. The van der Waals surface area contributed by atoms with Crippen molar-refractivity contribution >= 4 is 11.9 Å². The highest BCUT2D eigenvalue weighted by Gasteiger charge is 2.24. The molecular formula is C56H95NO5. The van der Waals surface area contributed by atoms with E-state index in [4.69, 9.17) is 4.74 Å². The number of allylic oxidation sites excluding steroid dienone is 16. The Kier molecular flexibility index (Phi) is 46.3. The first-order valence-electron chi connectivity index (χ1n) is 25.5. The third-order valence-electron chi connectivity index (χ3n) is 11.0. The SMILES string of the molecule is CC/C=C/C=C/C=C\C=C/C=C/CCCCCC(=O)OC(CCCCCC/C=C\C/C=C\C/C=C\CCCCC)CC(=O)NC(CO)C(O)CCCCCCCCCCCCC. The Morgan fingerprint density at radius 3 is 1.50 bits per heavy atom.